The standard InChI is InChI=1S/C15H20N4O4S2/c1-3-24(20,21)19-8-4-5-12-9-13(6-7-14(12)19)17-25(22,23)15-10-18(2)11-16-15/h6-7,9-11,17H,3-5,8H2,1-2H3. The maximum atomic E-state index is 12.4. The van der Waals surface area contributed by atoms with Crippen molar-refractivity contribution >= 4 is 31.4 Å². The third-order valence-electron chi connectivity index (χ3n) is 4.06. The van der Waals surface area contributed by atoms with E-state index in [9.17, 15) is 16.8 Å². The molecule has 25 heavy (non-hydrogen) atoms. The molecule has 0 unspecified atom stereocenters. The number of benzene rings is 1. The topological polar surface area (TPSA) is 101 Å². The van der Waals surface area contributed by atoms with Crippen molar-refractivity contribution in [3.8, 4) is 0 Å². The Balaban J connectivity index is 1.92. The van der Waals surface area contributed by atoms with Crippen LogP contribution >= 0.6 is 0 Å². The second-order valence-corrected chi connectivity index (χ2v) is 9.71. The molecule has 0 saturated carbocycles. The van der Waals surface area contributed by atoms with E-state index in [1.165, 1.54) is 16.8 Å². The van der Waals surface area contributed by atoms with Crippen LogP contribution in [0.15, 0.2) is 35.7 Å². The number of imidazole rings is 1. The summed E-state index contributed by atoms with van der Waals surface area (Å²) in [6, 6.07) is 4.91. The van der Waals surface area contributed by atoms with E-state index in [2.05, 4.69) is 9.71 Å². The monoisotopic (exact) mass is 384 g/mol. The van der Waals surface area contributed by atoms with E-state index >= 15 is 0 Å². The summed E-state index contributed by atoms with van der Waals surface area (Å²) in [6.07, 6.45) is 4.22. The number of hydrogen-bond donors (Lipinski definition) is 1. The average Bonchev–Trinajstić information content (AvgIpc) is 3.01. The summed E-state index contributed by atoms with van der Waals surface area (Å²) in [4.78, 5) is 3.85. The van der Waals surface area contributed by atoms with Crippen molar-refractivity contribution in [2.45, 2.75) is 24.8 Å². The van der Waals surface area contributed by atoms with Crippen LogP contribution in [0.25, 0.3) is 0 Å². The molecule has 0 spiro atoms. The van der Waals surface area contributed by atoms with E-state index in [-0.39, 0.29) is 10.8 Å². The third-order valence-corrected chi connectivity index (χ3v) is 7.11. The second-order valence-electron chi connectivity index (χ2n) is 5.90. The van der Waals surface area contributed by atoms with E-state index in [4.69, 9.17) is 0 Å². The fourth-order valence-corrected chi connectivity index (χ4v) is 5.04. The van der Waals surface area contributed by atoms with Crippen LogP contribution in [-0.4, -0.2) is 38.7 Å². The molecule has 0 amide bonds. The Labute approximate surface area is 147 Å². The summed E-state index contributed by atoms with van der Waals surface area (Å²) in [5.41, 5.74) is 1.82. The first-order chi connectivity index (χ1) is 11.7. The molecule has 0 radical (unpaired) electrons. The largest absolute Gasteiger partial charge is 0.339 e. The lowest BCUT2D eigenvalue weighted by atomic mass is 10.0. The molecule has 1 aliphatic rings. The highest BCUT2D eigenvalue weighted by Gasteiger charge is 2.26. The summed E-state index contributed by atoms with van der Waals surface area (Å²) in [5, 5.41) is -0.0668. The maximum Gasteiger partial charge on any atom is 0.280 e. The molecule has 0 atom stereocenters. The van der Waals surface area contributed by atoms with Gasteiger partial charge in [0.05, 0.1) is 17.8 Å². The molecule has 0 bridgehead atoms. The van der Waals surface area contributed by atoms with E-state index < -0.39 is 20.0 Å². The lowest BCUT2D eigenvalue weighted by Gasteiger charge is -2.30. The van der Waals surface area contributed by atoms with Gasteiger partial charge in [0.15, 0.2) is 5.03 Å². The van der Waals surface area contributed by atoms with Crippen molar-refractivity contribution in [3.63, 3.8) is 0 Å². The van der Waals surface area contributed by atoms with Crippen LogP contribution in [0.2, 0.25) is 0 Å². The van der Waals surface area contributed by atoms with E-state index in [1.807, 2.05) is 0 Å². The molecule has 10 heteroatoms. The number of rotatable bonds is 5. The van der Waals surface area contributed by atoms with Crippen LogP contribution in [0.5, 0.6) is 0 Å². The first-order valence-electron chi connectivity index (χ1n) is 7.87. The van der Waals surface area contributed by atoms with Gasteiger partial charge in [-0.2, -0.15) is 8.42 Å². The highest BCUT2D eigenvalue weighted by Crippen LogP contribution is 2.32. The van der Waals surface area contributed by atoms with Crippen molar-refractivity contribution in [1.82, 2.24) is 9.55 Å². The fourth-order valence-electron chi connectivity index (χ4n) is 2.81. The molecule has 1 N–H and O–H groups in total. The quantitative estimate of drug-likeness (QED) is 0.838. The van der Waals surface area contributed by atoms with Gasteiger partial charge in [-0.25, -0.2) is 13.4 Å². The highest BCUT2D eigenvalue weighted by molar-refractivity contribution is 7.93. The third kappa shape index (κ3) is 3.49. The van der Waals surface area contributed by atoms with Crippen molar-refractivity contribution in [2.75, 3.05) is 21.3 Å². The molecule has 0 aliphatic carbocycles. The van der Waals surface area contributed by atoms with Crippen molar-refractivity contribution in [3.05, 3.63) is 36.3 Å². The molecular formula is C15H20N4O4S2. The van der Waals surface area contributed by atoms with Crippen LogP contribution in [0.4, 0.5) is 11.4 Å². The SMILES string of the molecule is CCS(=O)(=O)N1CCCc2cc(NS(=O)(=O)c3cn(C)cn3)ccc21. The fraction of sp³-hybridized carbons (Fsp3) is 0.400. The normalized spacial score (nSPS) is 15.0. The Hall–Kier alpha value is -2.07. The van der Waals surface area contributed by atoms with Gasteiger partial charge in [-0.3, -0.25) is 9.03 Å². The Bertz CT molecular complexity index is 996. The number of aryl methyl sites for hydroxylation is 2. The Morgan fingerprint density at radius 3 is 2.64 bits per heavy atom. The first-order valence-corrected chi connectivity index (χ1v) is 11.0. The van der Waals surface area contributed by atoms with Crippen LogP contribution in [0.1, 0.15) is 18.9 Å². The Morgan fingerprint density at radius 1 is 1.24 bits per heavy atom. The van der Waals surface area contributed by atoms with Crippen molar-refractivity contribution < 1.29 is 16.8 Å². The Kier molecular flexibility index (Phi) is 4.50. The van der Waals surface area contributed by atoms with Gasteiger partial charge in [0, 0.05) is 25.5 Å². The number of anilines is 2. The summed E-state index contributed by atoms with van der Waals surface area (Å²) in [5.74, 6) is 0.0283. The molecule has 1 aromatic heterocycles. The van der Waals surface area contributed by atoms with Crippen LogP contribution < -0.4 is 9.03 Å². The molecule has 0 saturated heterocycles. The molecule has 136 valence electrons. The minimum absolute atomic E-state index is 0.0283. The van der Waals surface area contributed by atoms with Gasteiger partial charge in [0.1, 0.15) is 0 Å². The lowest BCUT2D eigenvalue weighted by Crippen LogP contribution is -2.36. The second kappa shape index (κ2) is 6.34. The molecular weight excluding hydrogens is 364 g/mol. The lowest BCUT2D eigenvalue weighted by molar-refractivity contribution is 0.587. The number of nitrogens with zero attached hydrogens (tertiary/aromatic N) is 3. The minimum Gasteiger partial charge on any atom is -0.339 e. The van der Waals surface area contributed by atoms with Gasteiger partial charge < -0.3 is 4.57 Å². The Morgan fingerprint density at radius 2 is 2.00 bits per heavy atom. The molecule has 1 aliphatic heterocycles. The maximum absolute atomic E-state index is 12.4. The summed E-state index contributed by atoms with van der Waals surface area (Å²) in [7, 11) is -5.43. The molecule has 1 aromatic carbocycles. The molecule has 3 rings (SSSR count). The van der Waals surface area contributed by atoms with E-state index in [0.29, 0.717) is 30.8 Å². The minimum atomic E-state index is -3.78. The zero-order valence-corrected chi connectivity index (χ0v) is 15.6. The zero-order chi connectivity index (χ0) is 18.2. The molecule has 2 heterocycles. The van der Waals surface area contributed by atoms with Gasteiger partial charge in [-0.1, -0.05) is 0 Å². The highest BCUT2D eigenvalue weighted by atomic mass is 32.2. The van der Waals surface area contributed by atoms with E-state index in [1.54, 1.807) is 36.7 Å². The molecule has 2 aromatic rings. The van der Waals surface area contributed by atoms with Gasteiger partial charge >= 0.3 is 0 Å². The van der Waals surface area contributed by atoms with Crippen LogP contribution in [0.3, 0.4) is 0 Å². The number of aromatic nitrogens is 2. The van der Waals surface area contributed by atoms with Gasteiger partial charge in [0.2, 0.25) is 10.0 Å². The van der Waals surface area contributed by atoms with Crippen molar-refractivity contribution in [2.24, 2.45) is 7.05 Å². The first kappa shape index (κ1) is 17.7. The van der Waals surface area contributed by atoms with Gasteiger partial charge in [0.25, 0.3) is 10.0 Å². The summed E-state index contributed by atoms with van der Waals surface area (Å²) < 4.78 is 54.6. The number of hydrogen-bond acceptors (Lipinski definition) is 5. The van der Waals surface area contributed by atoms with Gasteiger partial charge in [-0.15, -0.1) is 0 Å². The predicted octanol–water partition coefficient (Wildman–Crippen LogP) is 1.32. The zero-order valence-electron chi connectivity index (χ0n) is 14.0. The van der Waals surface area contributed by atoms with Crippen molar-refractivity contribution in [1.29, 1.82) is 0 Å². The van der Waals surface area contributed by atoms with Crippen LogP contribution in [0, 0.1) is 0 Å². The predicted molar refractivity (Wildman–Crippen MR) is 95.6 cm³/mol. The number of fused-ring (bicyclic) bond motifs is 1. The van der Waals surface area contributed by atoms with Crippen LogP contribution in [-0.2, 0) is 33.5 Å². The number of nitrogens with one attached hydrogen (secondary N) is 1. The molecule has 0 fully saturated rings. The number of sulfonamides is 2. The smallest absolute Gasteiger partial charge is 0.280 e. The van der Waals surface area contributed by atoms with Gasteiger partial charge in [-0.05, 0) is 43.5 Å². The summed E-state index contributed by atoms with van der Waals surface area (Å²) in [6.45, 7) is 2.06. The summed E-state index contributed by atoms with van der Waals surface area (Å²) >= 11 is 0. The average molecular weight is 384 g/mol. The molecule has 8 nitrogen and oxygen atoms in total. The van der Waals surface area contributed by atoms with E-state index in [0.717, 1.165) is 5.56 Å².